The second-order valence-corrected chi connectivity index (χ2v) is 5.53. The third kappa shape index (κ3) is 3.96. The van der Waals surface area contributed by atoms with Crippen LogP contribution in [0, 0.1) is 6.92 Å². The molecule has 2 nitrogen and oxygen atoms in total. The van der Waals surface area contributed by atoms with Crippen LogP contribution in [0.4, 0.5) is 13.2 Å². The lowest BCUT2D eigenvalue weighted by molar-refractivity contribution is -0.137. The van der Waals surface area contributed by atoms with E-state index in [1.54, 1.807) is 6.92 Å². The van der Waals surface area contributed by atoms with Crippen molar-refractivity contribution < 1.29 is 13.2 Å². The van der Waals surface area contributed by atoms with Gasteiger partial charge >= 0.3 is 6.18 Å². The molecular weight excluding hydrogens is 265 g/mol. The molecule has 1 aromatic carbocycles. The summed E-state index contributed by atoms with van der Waals surface area (Å²) in [6.45, 7) is 5.20. The van der Waals surface area contributed by atoms with E-state index < -0.39 is 11.7 Å². The van der Waals surface area contributed by atoms with E-state index in [-0.39, 0.29) is 0 Å². The number of hydrogen-bond donors (Lipinski definition) is 2. The van der Waals surface area contributed by atoms with E-state index >= 15 is 0 Å². The molecule has 0 amide bonds. The molecule has 112 valence electrons. The molecule has 1 fully saturated rings. The zero-order chi connectivity index (χ0) is 14.8. The fourth-order valence-electron chi connectivity index (χ4n) is 2.68. The third-order valence-corrected chi connectivity index (χ3v) is 3.77. The minimum atomic E-state index is -4.27. The fraction of sp³-hybridized carbons (Fsp3) is 0.600. The summed E-state index contributed by atoms with van der Waals surface area (Å²) >= 11 is 0. The average molecular weight is 286 g/mol. The van der Waals surface area contributed by atoms with Gasteiger partial charge < -0.3 is 10.6 Å². The lowest BCUT2D eigenvalue weighted by Gasteiger charge is -2.14. The summed E-state index contributed by atoms with van der Waals surface area (Å²) in [5, 5.41) is 6.74. The van der Waals surface area contributed by atoms with Gasteiger partial charge in [-0.25, -0.2) is 0 Å². The molecule has 0 bridgehead atoms. The molecule has 20 heavy (non-hydrogen) atoms. The monoisotopic (exact) mass is 286 g/mol. The Bertz CT molecular complexity index is 457. The molecule has 1 aliphatic heterocycles. The van der Waals surface area contributed by atoms with Gasteiger partial charge in [-0.3, -0.25) is 0 Å². The third-order valence-electron chi connectivity index (χ3n) is 3.77. The Hall–Kier alpha value is -1.07. The molecule has 0 spiro atoms. The van der Waals surface area contributed by atoms with E-state index in [1.165, 1.54) is 12.1 Å². The van der Waals surface area contributed by atoms with Gasteiger partial charge in [-0.05, 0) is 37.5 Å². The molecule has 0 aromatic heterocycles. The molecule has 5 heteroatoms. The highest BCUT2D eigenvalue weighted by molar-refractivity contribution is 5.31. The van der Waals surface area contributed by atoms with Crippen molar-refractivity contribution in [2.24, 2.45) is 0 Å². The van der Waals surface area contributed by atoms with E-state index in [9.17, 15) is 13.2 Å². The lowest BCUT2D eigenvalue weighted by atomic mass is 10.1. The Kier molecular flexibility index (Phi) is 4.70. The number of aryl methyl sites for hydroxylation is 1. The molecular formula is C15H21F3N2. The van der Waals surface area contributed by atoms with E-state index in [0.29, 0.717) is 29.8 Å². The number of rotatable bonds is 4. The SMILES string of the molecule is CC[C@@H]1C[C@H](NCc2cc(C)cc(C(F)(F)F)c2)CN1. The van der Waals surface area contributed by atoms with Crippen molar-refractivity contribution in [1.29, 1.82) is 0 Å². The summed E-state index contributed by atoms with van der Waals surface area (Å²) in [5.74, 6) is 0. The van der Waals surface area contributed by atoms with Gasteiger partial charge in [0.05, 0.1) is 5.56 Å². The standard InChI is InChI=1S/C15H21F3N2/c1-3-13-7-14(9-20-13)19-8-11-4-10(2)5-12(6-11)15(16,17)18/h4-6,13-14,19-20H,3,7-9H2,1-2H3/t13-,14+/m1/s1. The number of alkyl halides is 3. The van der Waals surface area contributed by atoms with E-state index in [4.69, 9.17) is 0 Å². The summed E-state index contributed by atoms with van der Waals surface area (Å²) in [6, 6.07) is 5.10. The summed E-state index contributed by atoms with van der Waals surface area (Å²) in [6.07, 6.45) is -2.15. The van der Waals surface area contributed by atoms with Gasteiger partial charge in [0.25, 0.3) is 0 Å². The minimum absolute atomic E-state index is 0.342. The highest BCUT2D eigenvalue weighted by atomic mass is 19.4. The van der Waals surface area contributed by atoms with Crippen molar-refractivity contribution in [2.75, 3.05) is 6.54 Å². The van der Waals surface area contributed by atoms with Crippen LogP contribution in [0.25, 0.3) is 0 Å². The van der Waals surface area contributed by atoms with Crippen molar-refractivity contribution >= 4 is 0 Å². The van der Waals surface area contributed by atoms with Crippen LogP contribution in [-0.2, 0) is 12.7 Å². The Morgan fingerprint density at radius 3 is 2.65 bits per heavy atom. The first-order valence-electron chi connectivity index (χ1n) is 7.03. The molecule has 0 unspecified atom stereocenters. The second kappa shape index (κ2) is 6.14. The Morgan fingerprint density at radius 2 is 2.05 bits per heavy atom. The quantitative estimate of drug-likeness (QED) is 0.888. The first-order chi connectivity index (χ1) is 9.38. The molecule has 1 aliphatic rings. The number of benzene rings is 1. The Labute approximate surface area is 117 Å². The topological polar surface area (TPSA) is 24.1 Å². The van der Waals surface area contributed by atoms with Crippen LogP contribution in [0.2, 0.25) is 0 Å². The van der Waals surface area contributed by atoms with Crippen molar-refractivity contribution in [2.45, 2.75) is 51.5 Å². The first-order valence-corrected chi connectivity index (χ1v) is 7.03. The summed E-state index contributed by atoms with van der Waals surface area (Å²) < 4.78 is 38.3. The Balaban J connectivity index is 1.98. The van der Waals surface area contributed by atoms with Gasteiger partial charge in [0.1, 0.15) is 0 Å². The zero-order valence-electron chi connectivity index (χ0n) is 11.8. The molecule has 2 rings (SSSR count). The fourth-order valence-corrected chi connectivity index (χ4v) is 2.68. The normalized spacial score (nSPS) is 23.2. The molecule has 2 atom stereocenters. The number of nitrogens with one attached hydrogen (secondary N) is 2. The van der Waals surface area contributed by atoms with Gasteiger partial charge in [-0.1, -0.05) is 18.6 Å². The van der Waals surface area contributed by atoms with Gasteiger partial charge in [-0.15, -0.1) is 0 Å². The van der Waals surface area contributed by atoms with Crippen LogP contribution in [0.15, 0.2) is 18.2 Å². The molecule has 1 saturated heterocycles. The van der Waals surface area contributed by atoms with Gasteiger partial charge in [0.15, 0.2) is 0 Å². The molecule has 1 heterocycles. The minimum Gasteiger partial charge on any atom is -0.312 e. The molecule has 2 N–H and O–H groups in total. The largest absolute Gasteiger partial charge is 0.416 e. The smallest absolute Gasteiger partial charge is 0.312 e. The molecule has 1 aromatic rings. The maximum absolute atomic E-state index is 12.8. The van der Waals surface area contributed by atoms with Crippen molar-refractivity contribution in [3.05, 3.63) is 34.9 Å². The van der Waals surface area contributed by atoms with Crippen molar-refractivity contribution in [3.8, 4) is 0 Å². The number of halogens is 3. The molecule has 0 aliphatic carbocycles. The van der Waals surface area contributed by atoms with Crippen LogP contribution < -0.4 is 10.6 Å². The highest BCUT2D eigenvalue weighted by Gasteiger charge is 2.31. The zero-order valence-corrected chi connectivity index (χ0v) is 11.8. The van der Waals surface area contributed by atoms with Crippen LogP contribution in [-0.4, -0.2) is 18.6 Å². The average Bonchev–Trinajstić information content (AvgIpc) is 2.82. The van der Waals surface area contributed by atoms with E-state index in [0.717, 1.165) is 19.4 Å². The molecule has 0 saturated carbocycles. The van der Waals surface area contributed by atoms with Crippen LogP contribution in [0.3, 0.4) is 0 Å². The summed E-state index contributed by atoms with van der Waals surface area (Å²) in [5.41, 5.74) is 0.773. The maximum atomic E-state index is 12.8. The summed E-state index contributed by atoms with van der Waals surface area (Å²) in [4.78, 5) is 0. The maximum Gasteiger partial charge on any atom is 0.416 e. The number of hydrogen-bond acceptors (Lipinski definition) is 2. The van der Waals surface area contributed by atoms with Gasteiger partial charge in [0.2, 0.25) is 0 Å². The van der Waals surface area contributed by atoms with Crippen molar-refractivity contribution in [3.63, 3.8) is 0 Å². The van der Waals surface area contributed by atoms with Crippen LogP contribution >= 0.6 is 0 Å². The van der Waals surface area contributed by atoms with Crippen LogP contribution in [0.5, 0.6) is 0 Å². The van der Waals surface area contributed by atoms with Crippen molar-refractivity contribution in [1.82, 2.24) is 10.6 Å². The predicted octanol–water partition coefficient (Wildman–Crippen LogP) is 3.24. The van der Waals surface area contributed by atoms with E-state index in [2.05, 4.69) is 17.6 Å². The van der Waals surface area contributed by atoms with E-state index in [1.807, 2.05) is 6.07 Å². The van der Waals surface area contributed by atoms with Gasteiger partial charge in [0, 0.05) is 25.2 Å². The lowest BCUT2D eigenvalue weighted by Crippen LogP contribution is -2.30. The van der Waals surface area contributed by atoms with Gasteiger partial charge in [-0.2, -0.15) is 13.2 Å². The highest BCUT2D eigenvalue weighted by Crippen LogP contribution is 2.30. The second-order valence-electron chi connectivity index (χ2n) is 5.53. The first kappa shape index (κ1) is 15.3. The summed E-state index contributed by atoms with van der Waals surface area (Å²) in [7, 11) is 0. The van der Waals surface area contributed by atoms with Crippen LogP contribution in [0.1, 0.15) is 36.5 Å². The predicted molar refractivity (Wildman–Crippen MR) is 73.5 cm³/mol. The molecule has 0 radical (unpaired) electrons. The Morgan fingerprint density at radius 1 is 1.30 bits per heavy atom.